The monoisotopic (exact) mass is 207 g/mol. The third-order valence-corrected chi connectivity index (χ3v) is 3.31. The first kappa shape index (κ1) is 10.7. The van der Waals surface area contributed by atoms with Crippen molar-refractivity contribution >= 4 is 0 Å². The van der Waals surface area contributed by atoms with E-state index in [1.165, 1.54) is 24.1 Å². The lowest BCUT2D eigenvalue weighted by atomic mass is 10.2. The first-order valence-electron chi connectivity index (χ1n) is 5.98. The topological polar surface area (TPSA) is 29.9 Å². The van der Waals surface area contributed by atoms with E-state index in [0.29, 0.717) is 6.04 Å². The molecule has 1 saturated carbocycles. The Labute approximate surface area is 91.9 Å². The quantitative estimate of drug-likeness (QED) is 0.803. The zero-order valence-electron chi connectivity index (χ0n) is 9.95. The summed E-state index contributed by atoms with van der Waals surface area (Å²) in [6.45, 7) is 7.57. The van der Waals surface area contributed by atoms with Gasteiger partial charge >= 0.3 is 0 Å². The van der Waals surface area contributed by atoms with E-state index in [1.54, 1.807) is 0 Å². The molecule has 1 aliphatic carbocycles. The molecule has 0 aliphatic heterocycles. The van der Waals surface area contributed by atoms with Crippen molar-refractivity contribution in [2.75, 3.05) is 0 Å². The van der Waals surface area contributed by atoms with Crippen LogP contribution in [0.5, 0.6) is 0 Å². The van der Waals surface area contributed by atoms with Gasteiger partial charge in [-0.3, -0.25) is 4.68 Å². The predicted octanol–water partition coefficient (Wildman–Crippen LogP) is 2.41. The average Bonchev–Trinajstić information content (AvgIpc) is 3.00. The molecule has 3 heteroatoms. The van der Waals surface area contributed by atoms with Crippen molar-refractivity contribution in [3.05, 3.63) is 17.5 Å². The minimum atomic E-state index is 0.514. The van der Waals surface area contributed by atoms with Crippen molar-refractivity contribution in [2.45, 2.75) is 58.7 Å². The highest BCUT2D eigenvalue weighted by Crippen LogP contribution is 2.20. The van der Waals surface area contributed by atoms with Gasteiger partial charge in [0.2, 0.25) is 0 Å². The molecule has 1 atom stereocenters. The van der Waals surface area contributed by atoms with Crippen LogP contribution in [-0.2, 0) is 6.54 Å². The molecule has 0 aromatic carbocycles. The molecular weight excluding hydrogens is 186 g/mol. The van der Waals surface area contributed by atoms with Crippen molar-refractivity contribution in [3.8, 4) is 0 Å². The summed E-state index contributed by atoms with van der Waals surface area (Å²) in [5.41, 5.74) is 2.67. The summed E-state index contributed by atoms with van der Waals surface area (Å²) in [6.07, 6.45) is 5.84. The summed E-state index contributed by atoms with van der Waals surface area (Å²) in [6, 6.07) is 1.29. The van der Waals surface area contributed by atoms with Gasteiger partial charge in [-0.15, -0.1) is 0 Å². The van der Waals surface area contributed by atoms with Crippen LogP contribution < -0.4 is 5.32 Å². The Bertz CT molecular complexity index is 326. The smallest absolute Gasteiger partial charge is 0.0537 e. The highest BCUT2D eigenvalue weighted by atomic mass is 15.3. The molecule has 2 rings (SSSR count). The predicted molar refractivity (Wildman–Crippen MR) is 61.8 cm³/mol. The first-order valence-corrected chi connectivity index (χ1v) is 5.98. The zero-order valence-corrected chi connectivity index (χ0v) is 9.95. The third-order valence-electron chi connectivity index (χ3n) is 3.31. The molecule has 15 heavy (non-hydrogen) atoms. The maximum absolute atomic E-state index is 4.46. The van der Waals surface area contributed by atoms with Crippen molar-refractivity contribution in [1.29, 1.82) is 0 Å². The summed E-state index contributed by atoms with van der Waals surface area (Å²) >= 11 is 0. The van der Waals surface area contributed by atoms with E-state index in [-0.39, 0.29) is 0 Å². The van der Waals surface area contributed by atoms with E-state index in [2.05, 4.69) is 35.9 Å². The molecule has 3 nitrogen and oxygen atoms in total. The largest absolute Gasteiger partial charge is 0.310 e. The number of nitrogens with zero attached hydrogens (tertiary/aromatic N) is 2. The summed E-state index contributed by atoms with van der Waals surface area (Å²) in [4.78, 5) is 0. The van der Waals surface area contributed by atoms with E-state index < -0.39 is 0 Å². The van der Waals surface area contributed by atoms with Gasteiger partial charge in [-0.05, 0) is 33.1 Å². The second kappa shape index (κ2) is 4.35. The summed E-state index contributed by atoms with van der Waals surface area (Å²) in [5, 5.41) is 7.99. The van der Waals surface area contributed by atoms with Crippen LogP contribution in [0.1, 0.15) is 50.4 Å². The van der Waals surface area contributed by atoms with Crippen LogP contribution in [0.2, 0.25) is 0 Å². The van der Waals surface area contributed by atoms with E-state index in [9.17, 15) is 0 Å². The number of rotatable bonds is 5. The first-order chi connectivity index (χ1) is 7.22. The molecule has 1 unspecified atom stereocenters. The number of aromatic nitrogens is 2. The van der Waals surface area contributed by atoms with Crippen LogP contribution in [-0.4, -0.2) is 15.8 Å². The Hall–Kier alpha value is -0.830. The molecule has 0 bridgehead atoms. The highest BCUT2D eigenvalue weighted by molar-refractivity contribution is 5.16. The lowest BCUT2D eigenvalue weighted by molar-refractivity contribution is 0.466. The van der Waals surface area contributed by atoms with E-state index in [0.717, 1.165) is 19.0 Å². The van der Waals surface area contributed by atoms with Crippen LogP contribution in [0.25, 0.3) is 0 Å². The van der Waals surface area contributed by atoms with Crippen molar-refractivity contribution in [3.63, 3.8) is 0 Å². The van der Waals surface area contributed by atoms with Gasteiger partial charge in [-0.25, -0.2) is 0 Å². The van der Waals surface area contributed by atoms with Crippen molar-refractivity contribution in [1.82, 2.24) is 15.1 Å². The van der Waals surface area contributed by atoms with E-state index >= 15 is 0 Å². The maximum atomic E-state index is 4.46. The number of hydrogen-bond donors (Lipinski definition) is 1. The molecule has 0 radical (unpaired) electrons. The van der Waals surface area contributed by atoms with E-state index in [4.69, 9.17) is 0 Å². The Morgan fingerprint density at radius 2 is 2.33 bits per heavy atom. The second-order valence-corrected chi connectivity index (χ2v) is 4.61. The normalized spacial score (nSPS) is 18.1. The van der Waals surface area contributed by atoms with Gasteiger partial charge in [0.1, 0.15) is 0 Å². The molecule has 84 valence electrons. The van der Waals surface area contributed by atoms with Crippen LogP contribution in [0.15, 0.2) is 6.20 Å². The van der Waals surface area contributed by atoms with Gasteiger partial charge in [0, 0.05) is 29.9 Å². The van der Waals surface area contributed by atoms with Gasteiger partial charge in [0.25, 0.3) is 0 Å². The fraction of sp³-hybridized carbons (Fsp3) is 0.750. The molecule has 1 heterocycles. The lowest BCUT2D eigenvalue weighted by Crippen LogP contribution is -2.16. The van der Waals surface area contributed by atoms with Crippen molar-refractivity contribution in [2.24, 2.45) is 0 Å². The molecule has 0 spiro atoms. The molecule has 1 aromatic heterocycles. The maximum Gasteiger partial charge on any atom is 0.0537 e. The Morgan fingerprint density at radius 1 is 1.60 bits per heavy atom. The van der Waals surface area contributed by atoms with Crippen LogP contribution in [0.3, 0.4) is 0 Å². The molecule has 0 amide bonds. The van der Waals surface area contributed by atoms with Gasteiger partial charge in [-0.2, -0.15) is 5.10 Å². The minimum absolute atomic E-state index is 0.514. The SMILES string of the molecule is CCC(C)n1ncc(CNC2CC2)c1C. The van der Waals surface area contributed by atoms with Gasteiger partial charge < -0.3 is 5.32 Å². The molecule has 1 N–H and O–H groups in total. The molecular formula is C12H21N3. The van der Waals surface area contributed by atoms with Gasteiger partial charge in [0.05, 0.1) is 6.20 Å². The Kier molecular flexibility index (Phi) is 3.10. The highest BCUT2D eigenvalue weighted by Gasteiger charge is 2.21. The molecule has 1 aromatic rings. The fourth-order valence-electron chi connectivity index (χ4n) is 1.79. The number of nitrogens with one attached hydrogen (secondary N) is 1. The van der Waals surface area contributed by atoms with Crippen LogP contribution >= 0.6 is 0 Å². The number of hydrogen-bond acceptors (Lipinski definition) is 2. The molecule has 1 aliphatic rings. The van der Waals surface area contributed by atoms with E-state index in [1.807, 2.05) is 6.20 Å². The lowest BCUT2D eigenvalue weighted by Gasteiger charge is -2.12. The average molecular weight is 207 g/mol. The summed E-state index contributed by atoms with van der Waals surface area (Å²) in [7, 11) is 0. The van der Waals surface area contributed by atoms with Gasteiger partial charge in [-0.1, -0.05) is 6.92 Å². The summed E-state index contributed by atoms with van der Waals surface area (Å²) in [5.74, 6) is 0. The zero-order chi connectivity index (χ0) is 10.8. The summed E-state index contributed by atoms with van der Waals surface area (Å²) < 4.78 is 2.14. The third kappa shape index (κ3) is 2.40. The Balaban J connectivity index is 2.01. The van der Waals surface area contributed by atoms with Crippen LogP contribution in [0, 0.1) is 6.92 Å². The standard InChI is InChI=1S/C12H21N3/c1-4-9(2)15-10(3)11(8-14-15)7-13-12-5-6-12/h8-9,12-13H,4-7H2,1-3H3. The molecule has 1 fully saturated rings. The fourth-order valence-corrected chi connectivity index (χ4v) is 1.79. The van der Waals surface area contributed by atoms with Crippen LogP contribution in [0.4, 0.5) is 0 Å². The van der Waals surface area contributed by atoms with Crippen molar-refractivity contribution < 1.29 is 0 Å². The van der Waals surface area contributed by atoms with Gasteiger partial charge in [0.15, 0.2) is 0 Å². The second-order valence-electron chi connectivity index (χ2n) is 4.61. The minimum Gasteiger partial charge on any atom is -0.310 e. The molecule has 0 saturated heterocycles. The Morgan fingerprint density at radius 3 is 2.93 bits per heavy atom.